The van der Waals surface area contributed by atoms with Gasteiger partial charge in [-0.15, -0.1) is 0 Å². The van der Waals surface area contributed by atoms with Gasteiger partial charge in [-0.3, -0.25) is 0 Å². The lowest BCUT2D eigenvalue weighted by molar-refractivity contribution is 0.475. The molecule has 2 rings (SSSR count). The molecule has 20 heavy (non-hydrogen) atoms. The van der Waals surface area contributed by atoms with Gasteiger partial charge in [0.05, 0.1) is 15.1 Å². The second-order valence-electron chi connectivity index (χ2n) is 4.55. The van der Waals surface area contributed by atoms with E-state index in [4.69, 9.17) is 34.8 Å². The van der Waals surface area contributed by atoms with Crippen molar-refractivity contribution in [1.29, 1.82) is 0 Å². The molecule has 0 atom stereocenters. The molecule has 2 nitrogen and oxygen atoms in total. The van der Waals surface area contributed by atoms with E-state index in [2.05, 4.69) is 0 Å². The molecule has 0 bridgehead atoms. The maximum Gasteiger partial charge on any atom is 0.152 e. The van der Waals surface area contributed by atoms with E-state index in [-0.39, 0.29) is 21.5 Å². The highest BCUT2D eigenvalue weighted by molar-refractivity contribution is 6.37. The van der Waals surface area contributed by atoms with Crippen LogP contribution in [0.25, 0.3) is 0 Å². The fraction of sp³-hybridized carbons (Fsp3) is 0.200. The molecule has 0 aromatic heterocycles. The van der Waals surface area contributed by atoms with Crippen LogP contribution in [-0.2, 0) is 12.8 Å². The summed E-state index contributed by atoms with van der Waals surface area (Å²) in [4.78, 5) is 0. The van der Waals surface area contributed by atoms with Crippen molar-refractivity contribution in [2.24, 2.45) is 0 Å². The van der Waals surface area contributed by atoms with Gasteiger partial charge in [0, 0.05) is 0 Å². The van der Waals surface area contributed by atoms with E-state index >= 15 is 0 Å². The smallest absolute Gasteiger partial charge is 0.152 e. The van der Waals surface area contributed by atoms with Crippen LogP contribution in [0.5, 0.6) is 11.5 Å². The van der Waals surface area contributed by atoms with Gasteiger partial charge in [0.25, 0.3) is 0 Å². The molecule has 0 fully saturated rings. The highest BCUT2D eigenvalue weighted by atomic mass is 35.5. The average Bonchev–Trinajstić information content (AvgIpc) is 2.40. The average molecular weight is 332 g/mol. The summed E-state index contributed by atoms with van der Waals surface area (Å²) in [6.07, 6.45) is 2.51. The Bertz CT molecular complexity index is 604. The van der Waals surface area contributed by atoms with Crippen molar-refractivity contribution in [1.82, 2.24) is 0 Å². The number of halogens is 3. The van der Waals surface area contributed by atoms with Gasteiger partial charge >= 0.3 is 0 Å². The third kappa shape index (κ3) is 3.72. The zero-order valence-corrected chi connectivity index (χ0v) is 12.8. The minimum Gasteiger partial charge on any atom is -0.506 e. The molecule has 0 aliphatic heterocycles. The van der Waals surface area contributed by atoms with Gasteiger partial charge in [-0.25, -0.2) is 0 Å². The van der Waals surface area contributed by atoms with Crippen LogP contribution in [-0.4, -0.2) is 10.2 Å². The van der Waals surface area contributed by atoms with Crippen LogP contribution in [0.2, 0.25) is 15.1 Å². The molecule has 0 amide bonds. The molecule has 5 heteroatoms. The first kappa shape index (κ1) is 15.3. The molecule has 0 heterocycles. The van der Waals surface area contributed by atoms with Gasteiger partial charge in [0.1, 0.15) is 5.75 Å². The van der Waals surface area contributed by atoms with Crippen LogP contribution in [0, 0.1) is 0 Å². The number of phenolic OH excluding ortho intramolecular Hbond substituents is 2. The second kappa shape index (κ2) is 6.57. The van der Waals surface area contributed by atoms with Gasteiger partial charge in [0.15, 0.2) is 5.75 Å². The SMILES string of the molecule is Oc1ccc(CCCc2cc(Cl)c(O)c(Cl)c2)cc1Cl. The highest BCUT2D eigenvalue weighted by Gasteiger charge is 2.07. The largest absolute Gasteiger partial charge is 0.506 e. The lowest BCUT2D eigenvalue weighted by Crippen LogP contribution is -1.91. The molecular weight excluding hydrogens is 319 g/mol. The lowest BCUT2D eigenvalue weighted by atomic mass is 10.0. The Kier molecular flexibility index (Phi) is 5.03. The van der Waals surface area contributed by atoms with E-state index < -0.39 is 0 Å². The molecule has 2 N–H and O–H groups in total. The number of aryl methyl sites for hydroxylation is 2. The molecule has 0 aliphatic rings. The second-order valence-corrected chi connectivity index (χ2v) is 5.77. The van der Waals surface area contributed by atoms with Crippen LogP contribution >= 0.6 is 34.8 Å². The summed E-state index contributed by atoms with van der Waals surface area (Å²) in [6, 6.07) is 8.62. The molecule has 0 aliphatic carbocycles. The van der Waals surface area contributed by atoms with Gasteiger partial charge < -0.3 is 10.2 Å². The van der Waals surface area contributed by atoms with Gasteiger partial charge in [-0.05, 0) is 54.7 Å². The Balaban J connectivity index is 1.97. The number of phenols is 2. The van der Waals surface area contributed by atoms with E-state index in [1.54, 1.807) is 24.3 Å². The summed E-state index contributed by atoms with van der Waals surface area (Å²) >= 11 is 17.6. The van der Waals surface area contributed by atoms with E-state index in [1.165, 1.54) is 0 Å². The molecule has 0 saturated heterocycles. The highest BCUT2D eigenvalue weighted by Crippen LogP contribution is 2.33. The number of rotatable bonds is 4. The van der Waals surface area contributed by atoms with Gasteiger partial charge in [-0.2, -0.15) is 0 Å². The molecule has 106 valence electrons. The zero-order valence-electron chi connectivity index (χ0n) is 10.5. The summed E-state index contributed by atoms with van der Waals surface area (Å²) in [6.45, 7) is 0. The Hall–Kier alpha value is -1.09. The van der Waals surface area contributed by atoms with Crippen LogP contribution < -0.4 is 0 Å². The fourth-order valence-electron chi connectivity index (χ4n) is 1.96. The first-order valence-electron chi connectivity index (χ1n) is 6.11. The van der Waals surface area contributed by atoms with Crippen LogP contribution in [0.4, 0.5) is 0 Å². The van der Waals surface area contributed by atoms with E-state index in [0.717, 1.165) is 30.4 Å². The maximum atomic E-state index is 9.49. The van der Waals surface area contributed by atoms with Crippen molar-refractivity contribution < 1.29 is 10.2 Å². The first-order chi connectivity index (χ1) is 9.47. The summed E-state index contributed by atoms with van der Waals surface area (Å²) in [5.74, 6) is 0.00918. The Morgan fingerprint density at radius 1 is 0.750 bits per heavy atom. The number of aromatic hydroxyl groups is 2. The zero-order chi connectivity index (χ0) is 14.7. The number of hydrogen-bond acceptors (Lipinski definition) is 2. The van der Waals surface area contributed by atoms with Crippen LogP contribution in [0.3, 0.4) is 0 Å². The predicted molar refractivity (Wildman–Crippen MR) is 83.3 cm³/mol. The van der Waals surface area contributed by atoms with Crippen molar-refractivity contribution in [3.8, 4) is 11.5 Å². The van der Waals surface area contributed by atoms with Crippen molar-refractivity contribution in [3.05, 3.63) is 56.5 Å². The van der Waals surface area contributed by atoms with E-state index in [1.807, 2.05) is 6.07 Å². The lowest BCUT2D eigenvalue weighted by Gasteiger charge is -2.06. The first-order valence-corrected chi connectivity index (χ1v) is 7.25. The Morgan fingerprint density at radius 3 is 1.90 bits per heavy atom. The van der Waals surface area contributed by atoms with Gasteiger partial charge in [-0.1, -0.05) is 40.9 Å². The number of benzene rings is 2. The Labute approximate surface area is 132 Å². The number of hydrogen-bond donors (Lipinski definition) is 2. The van der Waals surface area contributed by atoms with Crippen molar-refractivity contribution >= 4 is 34.8 Å². The normalized spacial score (nSPS) is 10.8. The molecule has 0 radical (unpaired) electrons. The van der Waals surface area contributed by atoms with E-state index in [9.17, 15) is 10.2 Å². The minimum absolute atomic E-state index is 0.0811. The van der Waals surface area contributed by atoms with Crippen LogP contribution in [0.1, 0.15) is 17.5 Å². The minimum atomic E-state index is -0.0811. The van der Waals surface area contributed by atoms with Crippen molar-refractivity contribution in [3.63, 3.8) is 0 Å². The monoisotopic (exact) mass is 330 g/mol. The quantitative estimate of drug-likeness (QED) is 0.805. The maximum absolute atomic E-state index is 9.49. The third-order valence-corrected chi connectivity index (χ3v) is 3.90. The van der Waals surface area contributed by atoms with Crippen LogP contribution in [0.15, 0.2) is 30.3 Å². The third-order valence-electron chi connectivity index (χ3n) is 3.02. The molecule has 0 saturated carbocycles. The molecule has 2 aromatic carbocycles. The Morgan fingerprint density at radius 2 is 1.30 bits per heavy atom. The summed E-state index contributed by atoms with van der Waals surface area (Å²) in [5.41, 5.74) is 2.03. The molecule has 2 aromatic rings. The van der Waals surface area contributed by atoms with Gasteiger partial charge in [0.2, 0.25) is 0 Å². The van der Waals surface area contributed by atoms with Crippen molar-refractivity contribution in [2.45, 2.75) is 19.3 Å². The topological polar surface area (TPSA) is 40.5 Å². The van der Waals surface area contributed by atoms with Crippen molar-refractivity contribution in [2.75, 3.05) is 0 Å². The molecule has 0 spiro atoms. The van der Waals surface area contributed by atoms with E-state index in [0.29, 0.717) is 5.02 Å². The standard InChI is InChI=1S/C15H13Cl3O2/c16-11-6-9(4-5-14(11)19)2-1-3-10-7-12(17)15(20)13(18)8-10/h4-8,19-20H,1-3H2. The predicted octanol–water partition coefficient (Wildman–Crippen LogP) is 5.23. The fourth-order valence-corrected chi connectivity index (χ4v) is 2.70. The molecule has 0 unspecified atom stereocenters. The summed E-state index contributed by atoms with van der Waals surface area (Å²) in [7, 11) is 0. The summed E-state index contributed by atoms with van der Waals surface area (Å²) in [5, 5.41) is 19.7. The summed E-state index contributed by atoms with van der Waals surface area (Å²) < 4.78 is 0. The molecular formula is C15H13Cl3O2.